The Bertz CT molecular complexity index is 269. The van der Waals surface area contributed by atoms with Gasteiger partial charge in [-0.25, -0.2) is 0 Å². The summed E-state index contributed by atoms with van der Waals surface area (Å²) in [4.78, 5) is 11.5. The molecule has 2 heteroatoms. The van der Waals surface area contributed by atoms with Crippen molar-refractivity contribution in [2.45, 2.75) is 25.0 Å². The van der Waals surface area contributed by atoms with E-state index < -0.39 is 0 Å². The van der Waals surface area contributed by atoms with Crippen molar-refractivity contribution >= 4 is 18.4 Å². The number of carbonyl (C=O) groups is 1. The molecule has 0 aliphatic carbocycles. The third kappa shape index (κ3) is 2.88. The predicted molar refractivity (Wildman–Crippen MR) is 58.1 cm³/mol. The van der Waals surface area contributed by atoms with E-state index in [1.165, 1.54) is 0 Å². The highest BCUT2D eigenvalue weighted by molar-refractivity contribution is 7.81. The molecule has 0 N–H and O–H groups in total. The molecule has 0 heterocycles. The zero-order valence-corrected chi connectivity index (χ0v) is 8.63. The molecule has 0 spiro atoms. The van der Waals surface area contributed by atoms with E-state index in [0.29, 0.717) is 6.42 Å². The molecule has 0 radical (unpaired) electrons. The zero-order chi connectivity index (χ0) is 9.68. The minimum atomic E-state index is -0.249. The van der Waals surface area contributed by atoms with Crippen molar-refractivity contribution in [3.8, 4) is 0 Å². The monoisotopic (exact) mass is 194 g/mol. The van der Waals surface area contributed by atoms with Gasteiger partial charge in [0.2, 0.25) is 0 Å². The fourth-order valence-electron chi connectivity index (χ4n) is 1.20. The van der Waals surface area contributed by atoms with Crippen LogP contribution in [0.2, 0.25) is 0 Å². The Morgan fingerprint density at radius 2 is 2.00 bits per heavy atom. The van der Waals surface area contributed by atoms with Crippen LogP contribution in [0.1, 0.15) is 30.6 Å². The molecule has 0 fully saturated rings. The number of ketones is 1. The van der Waals surface area contributed by atoms with E-state index >= 15 is 0 Å². The van der Waals surface area contributed by atoms with Gasteiger partial charge in [-0.3, -0.25) is 4.79 Å². The Hall–Kier alpha value is -0.760. The van der Waals surface area contributed by atoms with Gasteiger partial charge in [-0.15, -0.1) is 0 Å². The molecule has 70 valence electrons. The van der Waals surface area contributed by atoms with Gasteiger partial charge in [0.1, 0.15) is 5.78 Å². The van der Waals surface area contributed by atoms with Crippen LogP contribution in [0.15, 0.2) is 30.3 Å². The first-order valence-corrected chi connectivity index (χ1v) is 5.03. The Morgan fingerprint density at radius 1 is 1.38 bits per heavy atom. The van der Waals surface area contributed by atoms with Gasteiger partial charge in [-0.05, 0) is 12.0 Å². The van der Waals surface area contributed by atoms with E-state index in [4.69, 9.17) is 0 Å². The van der Waals surface area contributed by atoms with E-state index in [-0.39, 0.29) is 11.0 Å². The largest absolute Gasteiger partial charge is 0.298 e. The van der Waals surface area contributed by atoms with Gasteiger partial charge in [0.05, 0.1) is 5.25 Å². The van der Waals surface area contributed by atoms with E-state index in [1.54, 1.807) is 0 Å². The summed E-state index contributed by atoms with van der Waals surface area (Å²) in [5, 5.41) is -0.249. The molecule has 13 heavy (non-hydrogen) atoms. The van der Waals surface area contributed by atoms with Crippen LogP contribution < -0.4 is 0 Å². The second-order valence-electron chi connectivity index (χ2n) is 3.03. The van der Waals surface area contributed by atoms with E-state index in [1.807, 2.05) is 37.3 Å². The van der Waals surface area contributed by atoms with Crippen molar-refractivity contribution in [1.82, 2.24) is 0 Å². The Morgan fingerprint density at radius 3 is 2.54 bits per heavy atom. The molecule has 1 atom stereocenters. The SMILES string of the molecule is CCCC(=O)C(S)c1ccccc1. The molecular weight excluding hydrogens is 180 g/mol. The van der Waals surface area contributed by atoms with Gasteiger partial charge in [0.25, 0.3) is 0 Å². The van der Waals surface area contributed by atoms with Crippen molar-refractivity contribution in [3.63, 3.8) is 0 Å². The van der Waals surface area contributed by atoms with Gasteiger partial charge in [-0.1, -0.05) is 37.3 Å². The maximum absolute atomic E-state index is 11.5. The lowest BCUT2D eigenvalue weighted by molar-refractivity contribution is -0.118. The van der Waals surface area contributed by atoms with Gasteiger partial charge in [0, 0.05) is 6.42 Å². The number of hydrogen-bond donors (Lipinski definition) is 1. The maximum Gasteiger partial charge on any atom is 0.149 e. The van der Waals surface area contributed by atoms with E-state index in [9.17, 15) is 4.79 Å². The van der Waals surface area contributed by atoms with Gasteiger partial charge < -0.3 is 0 Å². The number of rotatable bonds is 4. The first kappa shape index (κ1) is 10.3. The lowest BCUT2D eigenvalue weighted by atomic mass is 10.1. The third-order valence-corrected chi connectivity index (χ3v) is 2.50. The van der Waals surface area contributed by atoms with Gasteiger partial charge in [-0.2, -0.15) is 12.6 Å². The summed E-state index contributed by atoms with van der Waals surface area (Å²) in [5.41, 5.74) is 0.990. The first-order valence-electron chi connectivity index (χ1n) is 4.51. The van der Waals surface area contributed by atoms with E-state index in [0.717, 1.165) is 12.0 Å². The van der Waals surface area contributed by atoms with Crippen molar-refractivity contribution in [2.24, 2.45) is 0 Å². The van der Waals surface area contributed by atoms with Crippen molar-refractivity contribution in [1.29, 1.82) is 0 Å². The van der Waals surface area contributed by atoms with Crippen LogP contribution >= 0.6 is 12.6 Å². The number of Topliss-reactive ketones (excluding diaryl/α,β-unsaturated/α-hetero) is 1. The lowest BCUT2D eigenvalue weighted by Crippen LogP contribution is -2.05. The number of thiol groups is 1. The van der Waals surface area contributed by atoms with Gasteiger partial charge >= 0.3 is 0 Å². The molecule has 1 unspecified atom stereocenters. The van der Waals surface area contributed by atoms with Crippen LogP contribution in [0.5, 0.6) is 0 Å². The normalized spacial score (nSPS) is 12.5. The molecule has 0 aromatic heterocycles. The van der Waals surface area contributed by atoms with Crippen LogP contribution in [0.25, 0.3) is 0 Å². The molecular formula is C11H14OS. The average Bonchev–Trinajstić information content (AvgIpc) is 2.18. The molecule has 1 aromatic rings. The van der Waals surface area contributed by atoms with E-state index in [2.05, 4.69) is 12.6 Å². The molecule has 1 rings (SSSR count). The number of benzene rings is 1. The predicted octanol–water partition coefficient (Wildman–Crippen LogP) is 3.03. The van der Waals surface area contributed by atoms with Crippen molar-refractivity contribution in [3.05, 3.63) is 35.9 Å². The maximum atomic E-state index is 11.5. The average molecular weight is 194 g/mol. The topological polar surface area (TPSA) is 17.1 Å². The Labute approximate surface area is 84.6 Å². The molecule has 1 aromatic carbocycles. The minimum Gasteiger partial charge on any atom is -0.298 e. The summed E-state index contributed by atoms with van der Waals surface area (Å²) >= 11 is 4.30. The summed E-state index contributed by atoms with van der Waals surface area (Å²) in [6, 6.07) is 9.67. The molecule has 0 saturated heterocycles. The molecule has 1 nitrogen and oxygen atoms in total. The number of hydrogen-bond acceptors (Lipinski definition) is 2. The van der Waals surface area contributed by atoms with Crippen LogP contribution in [0.4, 0.5) is 0 Å². The van der Waals surface area contributed by atoms with Crippen LogP contribution in [-0.4, -0.2) is 5.78 Å². The number of carbonyl (C=O) groups excluding carboxylic acids is 1. The summed E-state index contributed by atoms with van der Waals surface area (Å²) < 4.78 is 0. The fraction of sp³-hybridized carbons (Fsp3) is 0.364. The van der Waals surface area contributed by atoms with Crippen LogP contribution in [-0.2, 0) is 4.79 Å². The van der Waals surface area contributed by atoms with Crippen LogP contribution in [0.3, 0.4) is 0 Å². The Kier molecular flexibility index (Phi) is 4.03. The summed E-state index contributed by atoms with van der Waals surface area (Å²) in [6.45, 7) is 2.00. The first-order chi connectivity index (χ1) is 6.25. The smallest absolute Gasteiger partial charge is 0.149 e. The lowest BCUT2D eigenvalue weighted by Gasteiger charge is -2.08. The second-order valence-corrected chi connectivity index (χ2v) is 3.55. The minimum absolute atomic E-state index is 0.206. The van der Waals surface area contributed by atoms with Gasteiger partial charge in [0.15, 0.2) is 0 Å². The molecule has 0 bridgehead atoms. The summed E-state index contributed by atoms with van der Waals surface area (Å²) in [7, 11) is 0. The van der Waals surface area contributed by atoms with Crippen LogP contribution in [0, 0.1) is 0 Å². The Balaban J connectivity index is 2.68. The highest BCUT2D eigenvalue weighted by atomic mass is 32.1. The fourth-order valence-corrected chi connectivity index (χ4v) is 1.51. The second kappa shape index (κ2) is 5.07. The molecule has 0 amide bonds. The quantitative estimate of drug-likeness (QED) is 0.729. The summed E-state index contributed by atoms with van der Waals surface area (Å²) in [5.74, 6) is 0.206. The highest BCUT2D eigenvalue weighted by Crippen LogP contribution is 2.22. The van der Waals surface area contributed by atoms with Crippen molar-refractivity contribution < 1.29 is 4.79 Å². The zero-order valence-electron chi connectivity index (χ0n) is 7.73. The standard InChI is InChI=1S/C11H14OS/c1-2-6-10(12)11(13)9-7-4-3-5-8-9/h3-5,7-8,11,13H,2,6H2,1H3. The van der Waals surface area contributed by atoms with Crippen molar-refractivity contribution in [2.75, 3.05) is 0 Å². The highest BCUT2D eigenvalue weighted by Gasteiger charge is 2.13. The summed E-state index contributed by atoms with van der Waals surface area (Å²) in [6.07, 6.45) is 1.51. The molecule has 0 aliphatic heterocycles. The molecule has 0 saturated carbocycles. The third-order valence-electron chi connectivity index (χ3n) is 1.92. The molecule has 0 aliphatic rings.